The Morgan fingerprint density at radius 3 is 2.17 bits per heavy atom. The molecule has 3 N–H and O–H groups in total. The number of nitrogens with one attached hydrogen (secondary N) is 1. The first-order chi connectivity index (χ1) is 10.9. The molecule has 0 aromatic heterocycles. The first kappa shape index (κ1) is 19.5. The van der Waals surface area contributed by atoms with Crippen LogP contribution in [0.5, 0.6) is 0 Å². The zero-order valence-corrected chi connectivity index (χ0v) is 14.4. The van der Waals surface area contributed by atoms with E-state index in [1.807, 2.05) is 0 Å². The van der Waals surface area contributed by atoms with Gasteiger partial charge < -0.3 is 5.73 Å². The molecule has 0 spiro atoms. The highest BCUT2D eigenvalue weighted by molar-refractivity contribution is 7.82. The smallest absolute Gasteiger partial charge is 0.338 e. The van der Waals surface area contributed by atoms with E-state index in [1.165, 1.54) is 24.3 Å². The third-order valence-electron chi connectivity index (χ3n) is 3.20. The van der Waals surface area contributed by atoms with E-state index >= 15 is 0 Å². The quantitative estimate of drug-likeness (QED) is 0.730. The van der Waals surface area contributed by atoms with Crippen molar-refractivity contribution in [3.8, 4) is 0 Å². The number of amides is 4. The van der Waals surface area contributed by atoms with Crippen molar-refractivity contribution in [1.82, 2.24) is 5.32 Å². The van der Waals surface area contributed by atoms with Gasteiger partial charge in [0.25, 0.3) is 5.91 Å². The molecular formula is C16H16ClN3O3S. The summed E-state index contributed by atoms with van der Waals surface area (Å²) in [5, 5.41) is 2.25. The first-order valence-electron chi connectivity index (χ1n) is 6.70. The zero-order valence-electron chi connectivity index (χ0n) is 12.7. The summed E-state index contributed by atoms with van der Waals surface area (Å²) >= 11 is 4.07. The fourth-order valence-corrected chi connectivity index (χ4v) is 2.11. The number of thiol groups is 1. The minimum Gasteiger partial charge on any atom is -0.366 e. The van der Waals surface area contributed by atoms with Gasteiger partial charge in [-0.2, -0.15) is 0 Å². The Morgan fingerprint density at radius 2 is 1.62 bits per heavy atom. The number of benzene rings is 2. The number of hydrogen-bond acceptors (Lipinski definition) is 4. The fraction of sp³-hybridized carbons (Fsp3) is 0.0625. The lowest BCUT2D eigenvalue weighted by molar-refractivity contribution is 0.0963. The molecule has 0 saturated carbocycles. The minimum atomic E-state index is -0.701. The number of carbonyl (C=O) groups is 3. The summed E-state index contributed by atoms with van der Waals surface area (Å²) in [5.74, 6) is -1.08. The van der Waals surface area contributed by atoms with Gasteiger partial charge in [-0.25, -0.2) is 9.10 Å². The van der Waals surface area contributed by atoms with Crippen LogP contribution < -0.4 is 15.4 Å². The van der Waals surface area contributed by atoms with Crippen molar-refractivity contribution >= 4 is 48.8 Å². The van der Waals surface area contributed by atoms with Crippen molar-refractivity contribution in [3.63, 3.8) is 0 Å². The van der Waals surface area contributed by atoms with E-state index in [0.29, 0.717) is 16.8 Å². The van der Waals surface area contributed by atoms with Gasteiger partial charge in [-0.3, -0.25) is 14.9 Å². The number of nitrogens with zero attached hydrogens (tertiary/aromatic N) is 1. The lowest BCUT2D eigenvalue weighted by Crippen LogP contribution is -2.38. The Bertz CT molecular complexity index is 765. The predicted octanol–water partition coefficient (Wildman–Crippen LogP) is 2.72. The summed E-state index contributed by atoms with van der Waals surface area (Å²) in [6.45, 7) is 1.78. The summed E-state index contributed by atoms with van der Waals surface area (Å²) in [4.78, 5) is 35.2. The predicted molar refractivity (Wildman–Crippen MR) is 97.7 cm³/mol. The number of aryl methyl sites for hydroxylation is 1. The van der Waals surface area contributed by atoms with Crippen LogP contribution in [-0.4, -0.2) is 17.8 Å². The number of halogens is 1. The lowest BCUT2D eigenvalue weighted by Gasteiger charge is -2.16. The van der Waals surface area contributed by atoms with Crippen LogP contribution in [0.2, 0.25) is 0 Å². The first-order valence-corrected chi connectivity index (χ1v) is 7.10. The maximum absolute atomic E-state index is 12.1. The second kappa shape index (κ2) is 8.37. The number of rotatable bonds is 3. The van der Waals surface area contributed by atoms with Gasteiger partial charge in [0.2, 0.25) is 5.91 Å². The van der Waals surface area contributed by atoms with E-state index in [0.717, 1.165) is 9.87 Å². The van der Waals surface area contributed by atoms with Crippen LogP contribution in [0.1, 0.15) is 26.3 Å². The van der Waals surface area contributed by atoms with E-state index in [-0.39, 0.29) is 12.4 Å². The molecule has 126 valence electrons. The van der Waals surface area contributed by atoms with Crippen molar-refractivity contribution in [1.29, 1.82) is 0 Å². The molecule has 0 saturated heterocycles. The van der Waals surface area contributed by atoms with Gasteiger partial charge in [-0.15, -0.1) is 12.4 Å². The Kier molecular flexibility index (Phi) is 6.82. The molecule has 0 radical (unpaired) electrons. The van der Waals surface area contributed by atoms with E-state index in [2.05, 4.69) is 18.1 Å². The highest BCUT2D eigenvalue weighted by Gasteiger charge is 2.17. The van der Waals surface area contributed by atoms with Gasteiger partial charge in [0, 0.05) is 11.1 Å². The number of hydrogen-bond donors (Lipinski definition) is 3. The zero-order chi connectivity index (χ0) is 17.0. The minimum absolute atomic E-state index is 0. The lowest BCUT2D eigenvalue weighted by atomic mass is 10.1. The molecule has 0 fully saturated rings. The Balaban J connectivity index is 0.00000288. The fourth-order valence-electron chi connectivity index (χ4n) is 1.93. The number of anilines is 1. The van der Waals surface area contributed by atoms with E-state index < -0.39 is 17.8 Å². The maximum atomic E-state index is 12.1. The Hall–Kier alpha value is -2.51. The Labute approximate surface area is 151 Å². The summed E-state index contributed by atoms with van der Waals surface area (Å²) < 4.78 is 0.973. The van der Waals surface area contributed by atoms with Crippen LogP contribution in [0.15, 0.2) is 48.5 Å². The molecule has 0 aliphatic carbocycles. The summed E-state index contributed by atoms with van der Waals surface area (Å²) in [6.07, 6.45) is 0. The topological polar surface area (TPSA) is 92.5 Å². The standard InChI is InChI=1S/C16H15N3O3S.ClH/c1-10-4-2-3-5-13(10)15(21)18-16(22)19(23)12-8-6-11(7-9-12)14(17)20;/h2-9,23H,1H3,(H2,17,20)(H,18,21,22);1H. The van der Waals surface area contributed by atoms with Crippen LogP contribution >= 0.6 is 25.2 Å². The highest BCUT2D eigenvalue weighted by atomic mass is 35.5. The molecule has 0 unspecified atom stereocenters. The third kappa shape index (κ3) is 4.50. The molecule has 0 heterocycles. The number of imide groups is 1. The second-order valence-electron chi connectivity index (χ2n) is 4.80. The van der Waals surface area contributed by atoms with E-state index in [4.69, 9.17) is 5.73 Å². The molecule has 0 atom stereocenters. The van der Waals surface area contributed by atoms with Crippen molar-refractivity contribution in [2.45, 2.75) is 6.92 Å². The van der Waals surface area contributed by atoms with Gasteiger partial charge in [0.15, 0.2) is 0 Å². The van der Waals surface area contributed by atoms with Crippen LogP contribution in [0.25, 0.3) is 0 Å². The molecule has 4 amide bonds. The number of primary amides is 1. The van der Waals surface area contributed by atoms with E-state index in [9.17, 15) is 14.4 Å². The molecule has 24 heavy (non-hydrogen) atoms. The molecule has 0 aliphatic rings. The largest absolute Gasteiger partial charge is 0.366 e. The SMILES string of the molecule is Cc1ccccc1C(=O)NC(=O)N(S)c1ccc(C(N)=O)cc1.Cl. The summed E-state index contributed by atoms with van der Waals surface area (Å²) in [5.41, 5.74) is 7.02. The molecular weight excluding hydrogens is 350 g/mol. The average Bonchev–Trinajstić information content (AvgIpc) is 2.54. The number of urea groups is 1. The molecule has 0 aliphatic heterocycles. The van der Waals surface area contributed by atoms with Crippen molar-refractivity contribution in [2.24, 2.45) is 5.73 Å². The van der Waals surface area contributed by atoms with Crippen molar-refractivity contribution < 1.29 is 14.4 Å². The molecule has 0 bridgehead atoms. The van der Waals surface area contributed by atoms with Gasteiger partial charge in [-0.05, 0) is 42.8 Å². The molecule has 6 nitrogen and oxygen atoms in total. The van der Waals surface area contributed by atoms with Crippen LogP contribution in [0.3, 0.4) is 0 Å². The molecule has 8 heteroatoms. The third-order valence-corrected chi connectivity index (χ3v) is 3.61. The maximum Gasteiger partial charge on any atom is 0.338 e. The van der Waals surface area contributed by atoms with Gasteiger partial charge >= 0.3 is 6.03 Å². The van der Waals surface area contributed by atoms with E-state index in [1.54, 1.807) is 31.2 Å². The molecule has 2 rings (SSSR count). The molecule has 2 aromatic carbocycles. The van der Waals surface area contributed by atoms with Crippen molar-refractivity contribution in [2.75, 3.05) is 4.31 Å². The van der Waals surface area contributed by atoms with Gasteiger partial charge in [0.05, 0.1) is 5.69 Å². The summed E-state index contributed by atoms with van der Waals surface area (Å²) in [6, 6.07) is 12.2. The van der Waals surface area contributed by atoms with Crippen LogP contribution in [0, 0.1) is 6.92 Å². The monoisotopic (exact) mass is 365 g/mol. The number of carbonyl (C=O) groups excluding carboxylic acids is 3. The normalized spacial score (nSPS) is 9.58. The van der Waals surface area contributed by atoms with Gasteiger partial charge in [-0.1, -0.05) is 31.0 Å². The Morgan fingerprint density at radius 1 is 1.04 bits per heavy atom. The highest BCUT2D eigenvalue weighted by Crippen LogP contribution is 2.17. The van der Waals surface area contributed by atoms with Crippen molar-refractivity contribution in [3.05, 3.63) is 65.2 Å². The van der Waals surface area contributed by atoms with Gasteiger partial charge in [0.1, 0.15) is 0 Å². The van der Waals surface area contributed by atoms with Crippen LogP contribution in [0.4, 0.5) is 10.5 Å². The second-order valence-corrected chi connectivity index (χ2v) is 5.20. The average molecular weight is 366 g/mol. The summed E-state index contributed by atoms with van der Waals surface area (Å²) in [7, 11) is 0. The van der Waals surface area contributed by atoms with Crippen LogP contribution in [-0.2, 0) is 0 Å². The number of nitrogens with two attached hydrogens (primary N) is 1. The molecule has 2 aromatic rings.